The Morgan fingerprint density at radius 3 is 1.40 bits per heavy atom. The van der Waals surface area contributed by atoms with E-state index < -0.39 is 0 Å². The molecule has 0 rings (SSSR count). The summed E-state index contributed by atoms with van der Waals surface area (Å²) in [6, 6.07) is 0.324. The van der Waals surface area contributed by atoms with Crippen molar-refractivity contribution in [2.75, 3.05) is 0 Å². The Hall–Kier alpha value is -0.0800. The predicted molar refractivity (Wildman–Crippen MR) is 52.1 cm³/mol. The molecule has 2 nitrogen and oxygen atoms in total. The lowest BCUT2D eigenvalue weighted by atomic mass is 10.1. The van der Waals surface area contributed by atoms with E-state index in [0.29, 0.717) is 0 Å². The molecule has 0 saturated carbocycles. The van der Waals surface area contributed by atoms with Crippen LogP contribution >= 0.6 is 0 Å². The van der Waals surface area contributed by atoms with Crippen LogP contribution in [0.4, 0.5) is 0 Å². The van der Waals surface area contributed by atoms with Gasteiger partial charge in [0.05, 0.1) is 0 Å². The van der Waals surface area contributed by atoms with E-state index in [1.807, 2.05) is 13.8 Å². The average Bonchev–Trinajstić information content (AvgIpc) is 1.65. The molecule has 0 bridgehead atoms. The Morgan fingerprint density at radius 2 is 1.40 bits per heavy atom. The molecular formula is C8H26N2. The number of nitrogens with two attached hydrogens (primary N) is 2. The van der Waals surface area contributed by atoms with E-state index in [2.05, 4.69) is 0 Å². The maximum Gasteiger partial charge on any atom is 0.0186 e. The highest BCUT2D eigenvalue weighted by atomic mass is 14.8. The van der Waals surface area contributed by atoms with Gasteiger partial charge in [0.15, 0.2) is 0 Å². The molecule has 0 fully saturated rings. The van der Waals surface area contributed by atoms with Crippen molar-refractivity contribution in [3.05, 3.63) is 0 Å². The summed E-state index contributed by atoms with van der Waals surface area (Å²) in [5.74, 6) is 0. The minimum absolute atomic E-state index is 0. The summed E-state index contributed by atoms with van der Waals surface area (Å²) < 4.78 is 0. The van der Waals surface area contributed by atoms with Crippen LogP contribution in [0.2, 0.25) is 0 Å². The summed E-state index contributed by atoms with van der Waals surface area (Å²) in [6.45, 7) is 3.96. The minimum Gasteiger partial charge on any atom is -0.327 e. The van der Waals surface area contributed by atoms with Gasteiger partial charge in [0, 0.05) is 12.1 Å². The van der Waals surface area contributed by atoms with E-state index in [1.165, 1.54) is 0 Å². The van der Waals surface area contributed by atoms with Crippen LogP contribution in [0.1, 0.15) is 42.5 Å². The lowest BCUT2D eigenvalue weighted by molar-refractivity contribution is 0.545. The Bertz CT molecular complexity index is 44.5. The molecule has 0 aliphatic rings. The summed E-state index contributed by atoms with van der Waals surface area (Å²) in [4.78, 5) is 0. The normalized spacial score (nSPS) is 13.2. The van der Waals surface area contributed by atoms with Crippen molar-refractivity contribution in [2.24, 2.45) is 11.5 Å². The quantitative estimate of drug-likeness (QED) is 0.632. The van der Waals surface area contributed by atoms with E-state index in [0.717, 1.165) is 6.42 Å². The SMILES string of the molecule is C.C.C.CCC(N)C(C)N. The van der Waals surface area contributed by atoms with E-state index in [1.54, 1.807) is 0 Å². The first-order chi connectivity index (χ1) is 3.18. The van der Waals surface area contributed by atoms with Gasteiger partial charge < -0.3 is 11.5 Å². The van der Waals surface area contributed by atoms with Crippen LogP contribution in [0.25, 0.3) is 0 Å². The zero-order valence-electron chi connectivity index (χ0n) is 5.02. The number of rotatable bonds is 2. The second-order valence-corrected chi connectivity index (χ2v) is 1.93. The van der Waals surface area contributed by atoms with Crippen LogP contribution in [0.3, 0.4) is 0 Å². The Kier molecular flexibility index (Phi) is 26.3. The molecule has 2 unspecified atom stereocenters. The predicted octanol–water partition coefficient (Wildman–Crippen LogP) is 1.98. The van der Waals surface area contributed by atoms with Gasteiger partial charge in [-0.2, -0.15) is 0 Å². The second kappa shape index (κ2) is 11.7. The molecule has 0 aromatic carbocycles. The first-order valence-electron chi connectivity index (χ1n) is 2.69. The summed E-state index contributed by atoms with van der Waals surface area (Å²) in [5, 5.41) is 0. The zero-order chi connectivity index (χ0) is 5.86. The summed E-state index contributed by atoms with van der Waals surface area (Å²) in [5.41, 5.74) is 10.9. The van der Waals surface area contributed by atoms with E-state index in [9.17, 15) is 0 Å². The van der Waals surface area contributed by atoms with Gasteiger partial charge in [0.2, 0.25) is 0 Å². The van der Waals surface area contributed by atoms with Crippen molar-refractivity contribution in [1.82, 2.24) is 0 Å². The molecule has 2 atom stereocenters. The highest BCUT2D eigenvalue weighted by molar-refractivity contribution is 4.67. The Labute approximate surface area is 67.0 Å². The molecule has 0 radical (unpaired) electrons. The molecule has 0 heterocycles. The minimum atomic E-state index is 0. The van der Waals surface area contributed by atoms with Crippen molar-refractivity contribution >= 4 is 0 Å². The van der Waals surface area contributed by atoms with E-state index in [-0.39, 0.29) is 34.4 Å². The third-order valence-electron chi connectivity index (χ3n) is 1.15. The fourth-order valence-corrected chi connectivity index (χ4v) is 0.372. The van der Waals surface area contributed by atoms with Gasteiger partial charge in [-0.3, -0.25) is 0 Å². The molecule has 0 saturated heterocycles. The molecule has 0 aliphatic carbocycles. The Balaban J connectivity index is -0.0000000600. The highest BCUT2D eigenvalue weighted by Crippen LogP contribution is 1.88. The molecule has 0 aromatic heterocycles. The van der Waals surface area contributed by atoms with Gasteiger partial charge in [-0.05, 0) is 13.3 Å². The van der Waals surface area contributed by atoms with Crippen LogP contribution in [0, 0.1) is 0 Å². The fourth-order valence-electron chi connectivity index (χ4n) is 0.372. The smallest absolute Gasteiger partial charge is 0.0186 e. The molecule has 2 heteroatoms. The standard InChI is InChI=1S/C5H14N2.3CH4/c1-3-5(7)4(2)6;;;/h4-5H,3,6-7H2,1-2H3;3*1H4. The zero-order valence-corrected chi connectivity index (χ0v) is 5.02. The lowest BCUT2D eigenvalue weighted by Crippen LogP contribution is -2.38. The highest BCUT2D eigenvalue weighted by Gasteiger charge is 2.01. The third-order valence-corrected chi connectivity index (χ3v) is 1.15. The van der Waals surface area contributed by atoms with Crippen LogP contribution < -0.4 is 11.5 Å². The lowest BCUT2D eigenvalue weighted by Gasteiger charge is -2.11. The van der Waals surface area contributed by atoms with Crippen molar-refractivity contribution in [3.63, 3.8) is 0 Å². The van der Waals surface area contributed by atoms with Gasteiger partial charge in [-0.15, -0.1) is 0 Å². The Morgan fingerprint density at radius 1 is 1.10 bits per heavy atom. The molecule has 0 aliphatic heterocycles. The summed E-state index contributed by atoms with van der Waals surface area (Å²) >= 11 is 0. The van der Waals surface area contributed by atoms with Gasteiger partial charge in [-0.25, -0.2) is 0 Å². The van der Waals surface area contributed by atoms with E-state index in [4.69, 9.17) is 11.5 Å². The summed E-state index contributed by atoms with van der Waals surface area (Å²) in [6.07, 6.45) is 0.970. The third kappa shape index (κ3) is 10.8. The van der Waals surface area contributed by atoms with Crippen molar-refractivity contribution in [3.8, 4) is 0 Å². The molecule has 10 heavy (non-hydrogen) atoms. The fraction of sp³-hybridized carbons (Fsp3) is 1.00. The first kappa shape index (κ1) is 22.5. The van der Waals surface area contributed by atoms with Gasteiger partial charge >= 0.3 is 0 Å². The molecule has 68 valence electrons. The van der Waals surface area contributed by atoms with Crippen molar-refractivity contribution in [1.29, 1.82) is 0 Å². The number of hydrogen-bond acceptors (Lipinski definition) is 2. The molecule has 0 aromatic rings. The van der Waals surface area contributed by atoms with Crippen LogP contribution in [0.5, 0.6) is 0 Å². The average molecular weight is 150 g/mol. The first-order valence-corrected chi connectivity index (χ1v) is 2.69. The van der Waals surface area contributed by atoms with Crippen LogP contribution in [-0.4, -0.2) is 12.1 Å². The van der Waals surface area contributed by atoms with Crippen LogP contribution in [0.15, 0.2) is 0 Å². The topological polar surface area (TPSA) is 52.0 Å². The second-order valence-electron chi connectivity index (χ2n) is 1.93. The monoisotopic (exact) mass is 150 g/mol. The molecular weight excluding hydrogens is 124 g/mol. The molecule has 0 spiro atoms. The molecule has 4 N–H and O–H groups in total. The number of hydrogen-bond donors (Lipinski definition) is 2. The largest absolute Gasteiger partial charge is 0.327 e. The summed E-state index contributed by atoms with van der Waals surface area (Å²) in [7, 11) is 0. The van der Waals surface area contributed by atoms with Crippen LogP contribution in [-0.2, 0) is 0 Å². The van der Waals surface area contributed by atoms with Crippen molar-refractivity contribution < 1.29 is 0 Å². The van der Waals surface area contributed by atoms with Gasteiger partial charge in [0.25, 0.3) is 0 Å². The van der Waals surface area contributed by atoms with Gasteiger partial charge in [0.1, 0.15) is 0 Å². The maximum atomic E-state index is 5.49. The van der Waals surface area contributed by atoms with Crippen molar-refractivity contribution in [2.45, 2.75) is 54.6 Å². The van der Waals surface area contributed by atoms with E-state index >= 15 is 0 Å². The maximum absolute atomic E-state index is 5.49. The van der Waals surface area contributed by atoms with Gasteiger partial charge in [-0.1, -0.05) is 29.2 Å². The molecule has 0 amide bonds.